The van der Waals surface area contributed by atoms with Crippen LogP contribution in [0.3, 0.4) is 0 Å². The van der Waals surface area contributed by atoms with Crippen molar-refractivity contribution in [3.63, 3.8) is 0 Å². The third kappa shape index (κ3) is 5.04. The fourth-order valence-electron chi connectivity index (χ4n) is 2.22. The first-order valence-corrected chi connectivity index (χ1v) is 9.05. The van der Waals surface area contributed by atoms with Gasteiger partial charge >= 0.3 is 6.18 Å². The summed E-state index contributed by atoms with van der Waals surface area (Å²) in [6, 6.07) is 3.58. The highest BCUT2D eigenvalue weighted by Crippen LogP contribution is 2.34. The first-order chi connectivity index (χ1) is 12.7. The van der Waals surface area contributed by atoms with E-state index in [1.165, 1.54) is 30.9 Å². The molecule has 4 N–H and O–H groups in total. The lowest BCUT2D eigenvalue weighted by Crippen LogP contribution is -2.70. The van der Waals surface area contributed by atoms with E-state index in [2.05, 4.69) is 15.6 Å². The molecule has 1 amide bonds. The zero-order valence-electron chi connectivity index (χ0n) is 14.3. The van der Waals surface area contributed by atoms with Gasteiger partial charge in [-0.25, -0.2) is 4.98 Å². The third-order valence-corrected chi connectivity index (χ3v) is 4.74. The molecule has 6 nitrogen and oxygen atoms in total. The lowest BCUT2D eigenvalue weighted by Gasteiger charge is -2.15. The molecule has 0 aliphatic rings. The first-order valence-electron chi connectivity index (χ1n) is 7.69. The second-order valence-electron chi connectivity index (χ2n) is 5.24. The molecule has 27 heavy (non-hydrogen) atoms. The molecule has 2 aromatic rings. The van der Waals surface area contributed by atoms with Gasteiger partial charge in [-0.15, -0.1) is 11.8 Å². The molecule has 2 rings (SSSR count). The van der Waals surface area contributed by atoms with Crippen LogP contribution in [0.4, 0.5) is 30.4 Å². The molecule has 146 valence electrons. The number of nitrogens with one attached hydrogen (secondary N) is 2. The second kappa shape index (κ2) is 8.79. The SMILES string of the molecule is CCSc1cc(Cl)c([NH2+][O-])cc1C(=O)Nc1cc(C(F)(F)F)cnc1NC. The summed E-state index contributed by atoms with van der Waals surface area (Å²) < 4.78 is 38.8. The van der Waals surface area contributed by atoms with Crippen LogP contribution in [0.5, 0.6) is 0 Å². The van der Waals surface area contributed by atoms with Gasteiger partial charge in [-0.3, -0.25) is 4.79 Å². The zero-order chi connectivity index (χ0) is 20.2. The largest absolute Gasteiger partial charge is 0.630 e. The average Bonchev–Trinajstić information content (AvgIpc) is 2.61. The predicted octanol–water partition coefficient (Wildman–Crippen LogP) is 3.85. The number of hydrogen-bond acceptors (Lipinski definition) is 5. The van der Waals surface area contributed by atoms with E-state index in [4.69, 9.17) is 11.6 Å². The zero-order valence-corrected chi connectivity index (χ0v) is 15.9. The summed E-state index contributed by atoms with van der Waals surface area (Å²) in [4.78, 5) is 16.9. The normalized spacial score (nSPS) is 11.4. The molecule has 0 aliphatic heterocycles. The lowest BCUT2D eigenvalue weighted by molar-refractivity contribution is -0.497. The molecule has 0 aliphatic carbocycles. The number of alkyl halides is 3. The molecular formula is C16H16ClF3N4O2S. The fraction of sp³-hybridized carbons (Fsp3) is 0.250. The minimum atomic E-state index is -4.60. The van der Waals surface area contributed by atoms with Gasteiger partial charge in [0.2, 0.25) is 0 Å². The van der Waals surface area contributed by atoms with Crippen molar-refractivity contribution in [1.29, 1.82) is 0 Å². The van der Waals surface area contributed by atoms with Gasteiger partial charge in [-0.2, -0.15) is 13.2 Å². The second-order valence-corrected chi connectivity index (χ2v) is 6.96. The number of nitrogens with zero attached hydrogens (tertiary/aromatic N) is 1. The Hall–Kier alpha value is -2.01. The Bertz CT molecular complexity index is 849. The number of amides is 1. The standard InChI is InChI=1S/C16H16ClF3N4O2S/c1-3-27-13-6-10(17)11(24-26)5-9(13)15(25)23-12-4-8(16(18,19)20)7-22-14(12)21-2/h4-7H,3,24H2,1-2H3,(H,21,22)(H,23,25). The van der Waals surface area contributed by atoms with Crippen molar-refractivity contribution in [3.05, 3.63) is 45.8 Å². The minimum Gasteiger partial charge on any atom is -0.630 e. The van der Waals surface area contributed by atoms with Crippen LogP contribution in [0.2, 0.25) is 5.02 Å². The number of carbonyl (C=O) groups excluding carboxylic acids is 1. The Morgan fingerprint density at radius 2 is 2.07 bits per heavy atom. The summed E-state index contributed by atoms with van der Waals surface area (Å²) >= 11 is 7.32. The van der Waals surface area contributed by atoms with Gasteiger partial charge in [0.05, 0.1) is 16.8 Å². The number of aromatic nitrogens is 1. The number of benzene rings is 1. The Balaban J connectivity index is 2.45. The van der Waals surface area contributed by atoms with Crippen LogP contribution >= 0.6 is 23.4 Å². The van der Waals surface area contributed by atoms with Crippen LogP contribution in [-0.2, 0) is 6.18 Å². The Labute approximate surface area is 162 Å². The van der Waals surface area contributed by atoms with E-state index >= 15 is 0 Å². The molecule has 11 heteroatoms. The van der Waals surface area contributed by atoms with E-state index in [0.717, 1.165) is 6.07 Å². The number of carbonyl (C=O) groups is 1. The van der Waals surface area contributed by atoms with Gasteiger partial charge in [-0.05, 0) is 17.9 Å². The molecule has 1 heterocycles. The average molecular weight is 421 g/mol. The molecule has 0 bridgehead atoms. The first kappa shape index (κ1) is 21.3. The van der Waals surface area contributed by atoms with Crippen molar-refractivity contribution in [2.24, 2.45) is 0 Å². The van der Waals surface area contributed by atoms with Gasteiger partial charge in [0.15, 0.2) is 0 Å². The van der Waals surface area contributed by atoms with Crippen LogP contribution in [0.15, 0.2) is 29.3 Å². The number of rotatable bonds is 6. The van der Waals surface area contributed by atoms with E-state index in [1.54, 1.807) is 0 Å². The van der Waals surface area contributed by atoms with E-state index in [9.17, 15) is 23.2 Å². The van der Waals surface area contributed by atoms with Crippen LogP contribution in [-0.4, -0.2) is 23.7 Å². The van der Waals surface area contributed by atoms with Crippen molar-refractivity contribution in [3.8, 4) is 0 Å². The minimum absolute atomic E-state index is 0.0746. The quantitative estimate of drug-likeness (QED) is 0.375. The maximum absolute atomic E-state index is 12.9. The molecule has 0 saturated heterocycles. The summed E-state index contributed by atoms with van der Waals surface area (Å²) in [6.07, 6.45) is -3.93. The molecule has 1 aromatic heterocycles. The maximum Gasteiger partial charge on any atom is 0.417 e. The Morgan fingerprint density at radius 1 is 1.37 bits per heavy atom. The van der Waals surface area contributed by atoms with Crippen molar-refractivity contribution in [2.45, 2.75) is 18.0 Å². The molecular weight excluding hydrogens is 405 g/mol. The van der Waals surface area contributed by atoms with E-state index in [1.807, 2.05) is 6.92 Å². The lowest BCUT2D eigenvalue weighted by atomic mass is 10.1. The Morgan fingerprint density at radius 3 is 2.63 bits per heavy atom. The molecule has 0 radical (unpaired) electrons. The molecule has 1 aromatic carbocycles. The summed E-state index contributed by atoms with van der Waals surface area (Å²) in [7, 11) is 1.47. The van der Waals surface area contributed by atoms with Crippen molar-refractivity contribution < 1.29 is 23.4 Å². The topological polar surface area (TPSA) is 93.7 Å². The number of nitrogens with two attached hydrogens (primary N) is 1. The van der Waals surface area contributed by atoms with Crippen LogP contribution in [0.1, 0.15) is 22.8 Å². The van der Waals surface area contributed by atoms with E-state index in [-0.39, 0.29) is 27.8 Å². The molecule has 0 saturated carbocycles. The van der Waals surface area contributed by atoms with Crippen LogP contribution < -0.4 is 16.1 Å². The summed E-state index contributed by atoms with van der Waals surface area (Å²) in [5.41, 5.74) is -0.382. The summed E-state index contributed by atoms with van der Waals surface area (Å²) in [6.45, 7) is 1.86. The molecule has 0 atom stereocenters. The highest BCUT2D eigenvalue weighted by atomic mass is 35.5. The van der Waals surface area contributed by atoms with Gasteiger partial charge < -0.3 is 21.3 Å². The highest BCUT2D eigenvalue weighted by molar-refractivity contribution is 7.99. The molecule has 0 unspecified atom stereocenters. The summed E-state index contributed by atoms with van der Waals surface area (Å²) in [5, 5.41) is 16.4. The van der Waals surface area contributed by atoms with Crippen molar-refractivity contribution in [2.75, 3.05) is 23.4 Å². The smallest absolute Gasteiger partial charge is 0.417 e. The number of anilines is 2. The van der Waals surface area contributed by atoms with Gasteiger partial charge in [0.25, 0.3) is 5.91 Å². The molecule has 0 fully saturated rings. The van der Waals surface area contributed by atoms with Crippen LogP contribution in [0.25, 0.3) is 0 Å². The van der Waals surface area contributed by atoms with Gasteiger partial charge in [-0.1, -0.05) is 18.5 Å². The molecule has 0 spiro atoms. The van der Waals surface area contributed by atoms with Crippen molar-refractivity contribution in [1.82, 2.24) is 4.98 Å². The number of thioether (sulfide) groups is 1. The number of hydrogen-bond donors (Lipinski definition) is 3. The highest BCUT2D eigenvalue weighted by Gasteiger charge is 2.32. The number of pyridine rings is 1. The monoisotopic (exact) mass is 420 g/mol. The maximum atomic E-state index is 12.9. The van der Waals surface area contributed by atoms with Gasteiger partial charge in [0.1, 0.15) is 16.5 Å². The fourth-order valence-corrected chi connectivity index (χ4v) is 3.31. The van der Waals surface area contributed by atoms with Gasteiger partial charge in [0, 0.05) is 24.2 Å². The number of halogens is 4. The van der Waals surface area contributed by atoms with Crippen molar-refractivity contribution >= 4 is 46.5 Å². The summed E-state index contributed by atoms with van der Waals surface area (Å²) in [5.74, 6) is 0.0261. The Kier molecular flexibility index (Phi) is 6.93. The number of quaternary nitrogens is 1. The van der Waals surface area contributed by atoms with E-state index in [0.29, 0.717) is 22.3 Å². The third-order valence-electron chi connectivity index (χ3n) is 3.47. The predicted molar refractivity (Wildman–Crippen MR) is 99.5 cm³/mol. The van der Waals surface area contributed by atoms with Crippen LogP contribution in [0, 0.1) is 5.21 Å². The van der Waals surface area contributed by atoms with E-state index < -0.39 is 17.6 Å².